The second-order valence-electron chi connectivity index (χ2n) is 5.35. The van der Waals surface area contributed by atoms with Gasteiger partial charge in [0.05, 0.1) is 11.4 Å². The minimum atomic E-state index is 0. The van der Waals surface area contributed by atoms with Crippen molar-refractivity contribution < 1.29 is 52.8 Å². The van der Waals surface area contributed by atoms with Crippen molar-refractivity contribution in [1.29, 1.82) is 0 Å². The molecule has 0 N–H and O–H groups in total. The molecule has 2 aromatic carbocycles. The Bertz CT molecular complexity index is 561. The Kier molecular flexibility index (Phi) is 6.81. The number of anilines is 2. The molecule has 0 spiro atoms. The molecule has 0 aliphatic carbocycles. The predicted octanol–water partition coefficient (Wildman–Crippen LogP) is 1.36. The van der Waals surface area contributed by atoms with Crippen molar-refractivity contribution in [3.8, 4) is 0 Å². The first-order valence-corrected chi connectivity index (χ1v) is 7.85. The Morgan fingerprint density at radius 3 is 2.00 bits per heavy atom. The van der Waals surface area contributed by atoms with Crippen molar-refractivity contribution in [2.75, 3.05) is 32.1 Å². The van der Waals surface area contributed by atoms with Gasteiger partial charge in [0.2, 0.25) is 0 Å². The van der Waals surface area contributed by atoms with Gasteiger partial charge in [0.1, 0.15) is 0 Å². The summed E-state index contributed by atoms with van der Waals surface area (Å²) in [6.45, 7) is 2.18. The molecule has 4 heteroatoms. The molecule has 2 nitrogen and oxygen atoms in total. The normalized spacial score (nSPS) is 12.6. The van der Waals surface area contributed by atoms with Crippen molar-refractivity contribution in [1.82, 2.24) is 4.90 Å². The summed E-state index contributed by atoms with van der Waals surface area (Å²) in [5.41, 5.74) is 2.69. The van der Waals surface area contributed by atoms with E-state index in [2.05, 4.69) is 72.4 Å². The van der Waals surface area contributed by atoms with Gasteiger partial charge in [0.25, 0.3) is 0 Å². The quantitative estimate of drug-likeness (QED) is 0.784. The van der Waals surface area contributed by atoms with Crippen LogP contribution in [-0.4, -0.2) is 32.1 Å². The number of fused-ring (bicyclic) bond motifs is 2. The van der Waals surface area contributed by atoms with Crippen molar-refractivity contribution in [3.63, 3.8) is 0 Å². The van der Waals surface area contributed by atoms with E-state index in [1.54, 1.807) is 0 Å². The number of para-hydroxylation sites is 2. The van der Waals surface area contributed by atoms with Crippen molar-refractivity contribution in [2.45, 2.75) is 16.2 Å². The fraction of sp³-hybridized carbons (Fsp3) is 0.294. The van der Waals surface area contributed by atoms with E-state index in [1.807, 2.05) is 11.8 Å². The maximum absolute atomic E-state index is 2.46. The second-order valence-corrected chi connectivity index (χ2v) is 6.43. The summed E-state index contributed by atoms with van der Waals surface area (Å²) < 4.78 is 0. The molecule has 0 radical (unpaired) electrons. The SMILES string of the molecule is CN(C)CCCN1c2ccccc2Sc2ccccc21.[H-].[K+]. The zero-order valence-corrected chi connectivity index (χ0v) is 17.0. The molecule has 0 unspecified atom stereocenters. The summed E-state index contributed by atoms with van der Waals surface area (Å²) >= 11 is 1.87. The number of rotatable bonds is 4. The Balaban J connectivity index is 0.00000121. The van der Waals surface area contributed by atoms with Crippen LogP contribution in [0.5, 0.6) is 0 Å². The van der Waals surface area contributed by atoms with Crippen LogP contribution in [0.25, 0.3) is 0 Å². The fourth-order valence-electron chi connectivity index (χ4n) is 2.57. The molecule has 2 aromatic rings. The molecule has 21 heavy (non-hydrogen) atoms. The van der Waals surface area contributed by atoms with Gasteiger partial charge in [-0.1, -0.05) is 36.0 Å². The molecule has 1 aliphatic heterocycles. The third-order valence-electron chi connectivity index (χ3n) is 3.52. The van der Waals surface area contributed by atoms with Crippen LogP contribution in [0.4, 0.5) is 11.4 Å². The van der Waals surface area contributed by atoms with Crippen molar-refractivity contribution >= 4 is 23.1 Å². The minimum Gasteiger partial charge on any atom is -1.00 e. The van der Waals surface area contributed by atoms with E-state index in [-0.39, 0.29) is 52.8 Å². The Hall–Kier alpha value is 0.186. The molecule has 106 valence electrons. The van der Waals surface area contributed by atoms with Crippen molar-refractivity contribution in [3.05, 3.63) is 48.5 Å². The van der Waals surface area contributed by atoms with E-state index in [9.17, 15) is 0 Å². The van der Waals surface area contributed by atoms with E-state index in [4.69, 9.17) is 0 Å². The summed E-state index contributed by atoms with van der Waals surface area (Å²) in [7, 11) is 4.27. The zero-order chi connectivity index (χ0) is 13.9. The third-order valence-corrected chi connectivity index (χ3v) is 4.65. The molecule has 0 fully saturated rings. The number of hydrogen-bond acceptors (Lipinski definition) is 3. The average Bonchev–Trinajstić information content (AvgIpc) is 2.46. The first-order valence-electron chi connectivity index (χ1n) is 7.04. The molecule has 3 rings (SSSR count). The van der Waals surface area contributed by atoms with Crippen LogP contribution < -0.4 is 56.3 Å². The minimum absolute atomic E-state index is 0. The summed E-state index contributed by atoms with van der Waals surface area (Å²) in [5.74, 6) is 0. The van der Waals surface area contributed by atoms with E-state index in [1.165, 1.54) is 27.6 Å². The van der Waals surface area contributed by atoms with Gasteiger partial charge in [-0.3, -0.25) is 0 Å². The van der Waals surface area contributed by atoms with Crippen LogP contribution in [0.2, 0.25) is 0 Å². The van der Waals surface area contributed by atoms with E-state index in [0.717, 1.165) is 13.1 Å². The molecule has 0 atom stereocenters. The molecule has 0 bridgehead atoms. The Morgan fingerprint density at radius 1 is 0.952 bits per heavy atom. The molecular formula is C17H21KN2S. The monoisotopic (exact) mass is 324 g/mol. The number of hydrogen-bond donors (Lipinski definition) is 0. The largest absolute Gasteiger partial charge is 1.00 e. The number of benzene rings is 2. The molecule has 0 saturated heterocycles. The summed E-state index contributed by atoms with van der Waals surface area (Å²) in [5, 5.41) is 0. The standard InChI is InChI=1S/C17H20N2S.K.H/c1-18(2)12-7-13-19-14-8-3-5-10-16(14)20-17-11-6-4-9-15(17)19;;/h3-6,8-11H,7,12-13H2,1-2H3;;/q;+1;-1. The molecule has 0 aromatic heterocycles. The van der Waals surface area contributed by atoms with Gasteiger partial charge in [0.15, 0.2) is 0 Å². The smallest absolute Gasteiger partial charge is 1.00 e. The summed E-state index contributed by atoms with van der Waals surface area (Å²) in [4.78, 5) is 7.42. The van der Waals surface area contributed by atoms with Gasteiger partial charge < -0.3 is 11.2 Å². The average molecular weight is 325 g/mol. The van der Waals surface area contributed by atoms with Crippen LogP contribution in [0.1, 0.15) is 7.85 Å². The van der Waals surface area contributed by atoms with Crippen LogP contribution in [0.3, 0.4) is 0 Å². The maximum atomic E-state index is 2.46. The van der Waals surface area contributed by atoms with Gasteiger partial charge >= 0.3 is 51.4 Å². The van der Waals surface area contributed by atoms with E-state index in [0.29, 0.717) is 0 Å². The topological polar surface area (TPSA) is 6.48 Å². The summed E-state index contributed by atoms with van der Waals surface area (Å²) in [6, 6.07) is 17.4. The first-order chi connectivity index (χ1) is 9.75. The van der Waals surface area contributed by atoms with E-state index < -0.39 is 0 Å². The molecule has 1 aliphatic rings. The van der Waals surface area contributed by atoms with Crippen LogP contribution >= 0.6 is 11.8 Å². The van der Waals surface area contributed by atoms with Crippen LogP contribution in [0.15, 0.2) is 58.3 Å². The predicted molar refractivity (Wildman–Crippen MR) is 88.3 cm³/mol. The van der Waals surface area contributed by atoms with Gasteiger partial charge in [0, 0.05) is 16.3 Å². The van der Waals surface area contributed by atoms with E-state index >= 15 is 0 Å². The van der Waals surface area contributed by atoms with Gasteiger partial charge in [-0.15, -0.1) is 0 Å². The fourth-order valence-corrected chi connectivity index (χ4v) is 3.66. The zero-order valence-electron chi connectivity index (χ0n) is 14.0. The molecule has 0 saturated carbocycles. The van der Waals surface area contributed by atoms with Crippen LogP contribution in [0, 0.1) is 0 Å². The Morgan fingerprint density at radius 2 is 1.48 bits per heavy atom. The first kappa shape index (κ1) is 17.5. The van der Waals surface area contributed by atoms with Gasteiger partial charge in [-0.25, -0.2) is 0 Å². The van der Waals surface area contributed by atoms with Gasteiger partial charge in [-0.05, 0) is 51.3 Å². The Labute approximate surface area is 175 Å². The third kappa shape index (κ3) is 4.13. The van der Waals surface area contributed by atoms with Gasteiger partial charge in [-0.2, -0.15) is 0 Å². The number of nitrogens with zero attached hydrogens (tertiary/aromatic N) is 2. The maximum Gasteiger partial charge on any atom is 1.00 e. The molecule has 0 amide bonds. The van der Waals surface area contributed by atoms with Crippen molar-refractivity contribution in [2.24, 2.45) is 0 Å². The molecule has 1 heterocycles. The summed E-state index contributed by atoms with van der Waals surface area (Å²) in [6.07, 6.45) is 1.17. The van der Waals surface area contributed by atoms with Crippen LogP contribution in [-0.2, 0) is 0 Å². The molecular weight excluding hydrogens is 303 g/mol. The second kappa shape index (κ2) is 8.15.